The molecule has 1 aromatic carbocycles. The van der Waals surface area contributed by atoms with Gasteiger partial charge >= 0.3 is 5.97 Å². The summed E-state index contributed by atoms with van der Waals surface area (Å²) in [4.78, 5) is 37.9. The summed E-state index contributed by atoms with van der Waals surface area (Å²) in [5.41, 5.74) is 0.349. The number of hydrogen-bond donors (Lipinski definition) is 1. The van der Waals surface area contributed by atoms with Crippen LogP contribution in [0.2, 0.25) is 0 Å². The number of esters is 1. The van der Waals surface area contributed by atoms with Gasteiger partial charge in [0.05, 0.1) is 10.3 Å². The zero-order valence-corrected chi connectivity index (χ0v) is 16.8. The van der Waals surface area contributed by atoms with E-state index in [0.717, 1.165) is 36.1 Å². The third-order valence-electron chi connectivity index (χ3n) is 5.19. The second kappa shape index (κ2) is 9.15. The third-order valence-corrected chi connectivity index (χ3v) is 6.38. The van der Waals surface area contributed by atoms with E-state index in [0.29, 0.717) is 17.8 Å². The van der Waals surface area contributed by atoms with Crippen LogP contribution in [0.1, 0.15) is 52.7 Å². The molecule has 0 unspecified atom stereocenters. The quantitative estimate of drug-likeness (QED) is 0.543. The highest BCUT2D eigenvalue weighted by atomic mass is 32.1. The average molecular weight is 400 g/mol. The molecule has 148 valence electrons. The van der Waals surface area contributed by atoms with Gasteiger partial charge in [-0.2, -0.15) is 0 Å². The number of hydrogen-bond acceptors (Lipinski definition) is 5. The summed E-state index contributed by atoms with van der Waals surface area (Å²) < 4.78 is 5.48. The number of rotatable bonds is 8. The van der Waals surface area contributed by atoms with Crippen molar-refractivity contribution in [1.82, 2.24) is 5.32 Å². The van der Waals surface area contributed by atoms with Gasteiger partial charge < -0.3 is 10.1 Å². The van der Waals surface area contributed by atoms with Crippen molar-refractivity contribution in [2.75, 3.05) is 13.2 Å². The standard InChI is InChI=1S/C22H25NO4S/c1-16(24)23-14-11-18-9-10-20(28-18)19(25)15-27-21(26)22(12-5-6-13-22)17-7-3-2-4-8-17/h2-4,7-10H,5-6,11-15H2,1H3,(H,23,24). The van der Waals surface area contributed by atoms with E-state index < -0.39 is 5.41 Å². The number of carbonyl (C=O) groups excluding carboxylic acids is 3. The zero-order valence-electron chi connectivity index (χ0n) is 16.0. The summed E-state index contributed by atoms with van der Waals surface area (Å²) in [5.74, 6) is -0.559. The monoisotopic (exact) mass is 399 g/mol. The minimum atomic E-state index is -0.624. The molecule has 1 saturated carbocycles. The van der Waals surface area contributed by atoms with Crippen molar-refractivity contribution in [3.63, 3.8) is 0 Å². The van der Waals surface area contributed by atoms with Gasteiger partial charge in [0.15, 0.2) is 6.61 Å². The van der Waals surface area contributed by atoms with Gasteiger partial charge in [0.25, 0.3) is 0 Å². The highest BCUT2D eigenvalue weighted by Gasteiger charge is 2.44. The zero-order chi connectivity index (χ0) is 20.0. The Kier molecular flexibility index (Phi) is 6.62. The van der Waals surface area contributed by atoms with Crippen molar-refractivity contribution < 1.29 is 19.1 Å². The van der Waals surface area contributed by atoms with E-state index in [-0.39, 0.29) is 24.3 Å². The Hall–Kier alpha value is -2.47. The van der Waals surface area contributed by atoms with Crippen molar-refractivity contribution in [3.05, 3.63) is 57.8 Å². The van der Waals surface area contributed by atoms with Crippen LogP contribution in [-0.2, 0) is 26.2 Å². The molecule has 0 radical (unpaired) electrons. The molecule has 1 N–H and O–H groups in total. The lowest BCUT2D eigenvalue weighted by Gasteiger charge is -2.27. The molecule has 1 aliphatic carbocycles. The van der Waals surface area contributed by atoms with Gasteiger partial charge in [0.1, 0.15) is 0 Å². The molecule has 0 spiro atoms. The van der Waals surface area contributed by atoms with Crippen LogP contribution in [0, 0.1) is 0 Å². The molecular formula is C22H25NO4S. The normalized spacial score (nSPS) is 15.2. The lowest BCUT2D eigenvalue weighted by Crippen LogP contribution is -2.35. The third kappa shape index (κ3) is 4.68. The summed E-state index contributed by atoms with van der Waals surface area (Å²) in [6.07, 6.45) is 4.17. The molecule has 0 bridgehead atoms. The first-order valence-electron chi connectivity index (χ1n) is 9.60. The van der Waals surface area contributed by atoms with Crippen molar-refractivity contribution in [2.24, 2.45) is 0 Å². The van der Waals surface area contributed by atoms with Crippen LogP contribution in [0.4, 0.5) is 0 Å². The molecule has 1 amide bonds. The van der Waals surface area contributed by atoms with E-state index in [1.807, 2.05) is 36.4 Å². The summed E-state index contributed by atoms with van der Waals surface area (Å²) >= 11 is 1.38. The van der Waals surface area contributed by atoms with Gasteiger partial charge in [-0.05, 0) is 37.0 Å². The fraction of sp³-hybridized carbons (Fsp3) is 0.409. The fourth-order valence-electron chi connectivity index (χ4n) is 3.71. The largest absolute Gasteiger partial charge is 0.457 e. The molecule has 1 aromatic heterocycles. The first-order chi connectivity index (χ1) is 13.5. The number of ether oxygens (including phenoxy) is 1. The van der Waals surface area contributed by atoms with Crippen LogP contribution >= 0.6 is 11.3 Å². The van der Waals surface area contributed by atoms with E-state index >= 15 is 0 Å². The van der Waals surface area contributed by atoms with E-state index in [2.05, 4.69) is 5.32 Å². The predicted octanol–water partition coefficient (Wildman–Crippen LogP) is 3.66. The molecule has 1 aliphatic rings. The van der Waals surface area contributed by atoms with Crippen molar-refractivity contribution in [3.8, 4) is 0 Å². The summed E-state index contributed by atoms with van der Waals surface area (Å²) in [5, 5.41) is 2.74. The fourth-order valence-corrected chi connectivity index (χ4v) is 4.64. The Morgan fingerprint density at radius 3 is 2.46 bits per heavy atom. The Morgan fingerprint density at radius 1 is 1.07 bits per heavy atom. The van der Waals surface area contributed by atoms with Crippen LogP contribution in [0.25, 0.3) is 0 Å². The van der Waals surface area contributed by atoms with Crippen LogP contribution in [0.3, 0.4) is 0 Å². The van der Waals surface area contributed by atoms with Gasteiger partial charge in [0.2, 0.25) is 11.7 Å². The molecule has 2 aromatic rings. The maximum atomic E-state index is 12.9. The molecule has 0 atom stereocenters. The molecule has 28 heavy (non-hydrogen) atoms. The highest BCUT2D eigenvalue weighted by molar-refractivity contribution is 7.14. The summed E-state index contributed by atoms with van der Waals surface area (Å²) in [7, 11) is 0. The van der Waals surface area contributed by atoms with Gasteiger partial charge in [-0.15, -0.1) is 11.3 Å². The van der Waals surface area contributed by atoms with Crippen LogP contribution in [-0.4, -0.2) is 30.8 Å². The molecule has 3 rings (SSSR count). The topological polar surface area (TPSA) is 72.5 Å². The molecule has 1 fully saturated rings. The number of ketones is 1. The maximum absolute atomic E-state index is 12.9. The Bertz CT molecular complexity index is 837. The van der Waals surface area contributed by atoms with Crippen molar-refractivity contribution in [2.45, 2.75) is 44.4 Å². The summed E-state index contributed by atoms with van der Waals surface area (Å²) in [6, 6.07) is 13.4. The molecular weight excluding hydrogens is 374 g/mol. The predicted molar refractivity (Wildman–Crippen MR) is 109 cm³/mol. The summed E-state index contributed by atoms with van der Waals surface area (Å²) in [6.45, 7) is 1.78. The highest BCUT2D eigenvalue weighted by Crippen LogP contribution is 2.42. The van der Waals surface area contributed by atoms with Crippen LogP contribution in [0.5, 0.6) is 0 Å². The van der Waals surface area contributed by atoms with E-state index in [1.165, 1.54) is 18.3 Å². The van der Waals surface area contributed by atoms with E-state index in [1.54, 1.807) is 6.07 Å². The minimum absolute atomic E-state index is 0.0703. The molecule has 0 saturated heterocycles. The Labute approximate surface area is 169 Å². The van der Waals surface area contributed by atoms with E-state index in [9.17, 15) is 14.4 Å². The van der Waals surface area contributed by atoms with Crippen LogP contribution < -0.4 is 5.32 Å². The smallest absolute Gasteiger partial charge is 0.317 e. The Morgan fingerprint density at radius 2 is 1.79 bits per heavy atom. The lowest BCUT2D eigenvalue weighted by molar-refractivity contribution is -0.149. The molecule has 1 heterocycles. The maximum Gasteiger partial charge on any atom is 0.317 e. The minimum Gasteiger partial charge on any atom is -0.457 e. The van der Waals surface area contributed by atoms with Crippen molar-refractivity contribution >= 4 is 29.0 Å². The van der Waals surface area contributed by atoms with Gasteiger partial charge in [-0.25, -0.2) is 0 Å². The van der Waals surface area contributed by atoms with Gasteiger partial charge in [0, 0.05) is 18.3 Å². The van der Waals surface area contributed by atoms with E-state index in [4.69, 9.17) is 4.74 Å². The second-order valence-electron chi connectivity index (χ2n) is 7.15. The van der Waals surface area contributed by atoms with Gasteiger partial charge in [-0.1, -0.05) is 43.2 Å². The number of Topliss-reactive ketones (excluding diaryl/α,β-unsaturated/α-hetero) is 1. The second-order valence-corrected chi connectivity index (χ2v) is 8.32. The van der Waals surface area contributed by atoms with Crippen molar-refractivity contribution in [1.29, 1.82) is 0 Å². The average Bonchev–Trinajstić information content (AvgIpc) is 3.37. The molecule has 0 aliphatic heterocycles. The first kappa shape index (κ1) is 20.3. The Balaban J connectivity index is 1.59. The number of thiophene rings is 1. The number of benzene rings is 1. The molecule has 5 nitrogen and oxygen atoms in total. The van der Waals surface area contributed by atoms with Crippen LogP contribution in [0.15, 0.2) is 42.5 Å². The number of nitrogens with one attached hydrogen (secondary N) is 1. The first-order valence-corrected chi connectivity index (χ1v) is 10.4. The van der Waals surface area contributed by atoms with Gasteiger partial charge in [-0.3, -0.25) is 14.4 Å². The molecule has 6 heteroatoms. The number of amides is 1. The SMILES string of the molecule is CC(=O)NCCc1ccc(C(=O)COC(=O)C2(c3ccccc3)CCCC2)s1. The lowest BCUT2D eigenvalue weighted by atomic mass is 9.79. The number of carbonyl (C=O) groups is 3.